The van der Waals surface area contributed by atoms with Crippen LogP contribution >= 0.6 is 0 Å². The van der Waals surface area contributed by atoms with E-state index in [0.29, 0.717) is 25.6 Å². The van der Waals surface area contributed by atoms with Crippen LogP contribution in [-0.4, -0.2) is 38.8 Å². The number of rotatable bonds is 9. The molecule has 0 aliphatic heterocycles. The molecule has 0 heterocycles. The van der Waals surface area contributed by atoms with Crippen molar-refractivity contribution in [3.63, 3.8) is 0 Å². The summed E-state index contributed by atoms with van der Waals surface area (Å²) in [6, 6.07) is 0. The van der Waals surface area contributed by atoms with Gasteiger partial charge in [-0.05, 0) is 19.3 Å². The molecule has 0 rings (SSSR count). The van der Waals surface area contributed by atoms with E-state index in [1.165, 1.54) is 0 Å². The monoisotopic (exact) mass is 216 g/mol. The van der Waals surface area contributed by atoms with Gasteiger partial charge in [-0.15, -0.1) is 0 Å². The predicted molar refractivity (Wildman–Crippen MR) is 61.8 cm³/mol. The summed E-state index contributed by atoms with van der Waals surface area (Å²) in [5, 5.41) is 5.74. The number of nitrogens with one attached hydrogen (secondary N) is 2. The number of likely N-dealkylation sites (N-methyl/N-ethyl adjacent to an activating group) is 1. The molecule has 0 saturated carbocycles. The summed E-state index contributed by atoms with van der Waals surface area (Å²) in [4.78, 5) is 11.0. The van der Waals surface area contributed by atoms with Gasteiger partial charge in [0.2, 0.25) is 5.91 Å². The van der Waals surface area contributed by atoms with Crippen molar-refractivity contribution in [2.75, 3.05) is 32.8 Å². The van der Waals surface area contributed by atoms with Crippen LogP contribution in [0.2, 0.25) is 0 Å². The third kappa shape index (κ3) is 11.3. The zero-order chi connectivity index (χ0) is 11.5. The summed E-state index contributed by atoms with van der Waals surface area (Å²) < 4.78 is 5.39. The summed E-state index contributed by atoms with van der Waals surface area (Å²) in [5.74, 6) is 0.730. The Bertz CT molecular complexity index is 161. The molecule has 0 aromatic heterocycles. The standard InChI is InChI=1S/C11H24N2O2/c1-4-13-11(14)9-12-6-8-15-7-5-10(2)3/h10,12H,4-9H2,1-3H3,(H,13,14). The van der Waals surface area contributed by atoms with Crippen LogP contribution in [0.5, 0.6) is 0 Å². The zero-order valence-corrected chi connectivity index (χ0v) is 10.1. The van der Waals surface area contributed by atoms with Gasteiger partial charge in [-0.2, -0.15) is 0 Å². The molecule has 0 fully saturated rings. The molecular weight excluding hydrogens is 192 g/mol. The molecule has 0 aromatic rings. The van der Waals surface area contributed by atoms with Crippen LogP contribution in [0.1, 0.15) is 27.2 Å². The number of ether oxygens (including phenoxy) is 1. The molecule has 0 spiro atoms. The minimum atomic E-state index is 0.0414. The summed E-state index contributed by atoms with van der Waals surface area (Å²) in [5.41, 5.74) is 0. The van der Waals surface area contributed by atoms with Gasteiger partial charge in [0, 0.05) is 19.7 Å². The zero-order valence-electron chi connectivity index (χ0n) is 10.1. The number of carbonyl (C=O) groups excluding carboxylic acids is 1. The van der Waals surface area contributed by atoms with Gasteiger partial charge in [-0.1, -0.05) is 13.8 Å². The predicted octanol–water partition coefficient (Wildman–Crippen LogP) is 0.775. The quantitative estimate of drug-likeness (QED) is 0.560. The molecule has 0 aromatic carbocycles. The highest BCUT2D eigenvalue weighted by atomic mass is 16.5. The first kappa shape index (κ1) is 14.4. The first-order valence-corrected chi connectivity index (χ1v) is 5.72. The summed E-state index contributed by atoms with van der Waals surface area (Å²) in [7, 11) is 0. The van der Waals surface area contributed by atoms with Gasteiger partial charge in [0.15, 0.2) is 0 Å². The largest absolute Gasteiger partial charge is 0.380 e. The van der Waals surface area contributed by atoms with Crippen molar-refractivity contribution in [1.82, 2.24) is 10.6 Å². The molecule has 0 saturated heterocycles. The molecule has 0 bridgehead atoms. The van der Waals surface area contributed by atoms with Gasteiger partial charge in [0.05, 0.1) is 13.2 Å². The molecule has 0 radical (unpaired) electrons. The average molecular weight is 216 g/mol. The first-order chi connectivity index (χ1) is 7.16. The molecular formula is C11H24N2O2. The lowest BCUT2D eigenvalue weighted by molar-refractivity contribution is -0.120. The van der Waals surface area contributed by atoms with E-state index in [1.54, 1.807) is 0 Å². The van der Waals surface area contributed by atoms with Gasteiger partial charge in [0.1, 0.15) is 0 Å². The second-order valence-corrected chi connectivity index (χ2v) is 3.93. The smallest absolute Gasteiger partial charge is 0.233 e. The SMILES string of the molecule is CCNC(=O)CNCCOCCC(C)C. The number of amides is 1. The third-order valence-electron chi connectivity index (χ3n) is 1.92. The van der Waals surface area contributed by atoms with Crippen molar-refractivity contribution < 1.29 is 9.53 Å². The fourth-order valence-corrected chi connectivity index (χ4v) is 1.03. The van der Waals surface area contributed by atoms with Gasteiger partial charge < -0.3 is 15.4 Å². The topological polar surface area (TPSA) is 50.4 Å². The Kier molecular flexibility index (Phi) is 9.52. The van der Waals surface area contributed by atoms with Gasteiger partial charge >= 0.3 is 0 Å². The van der Waals surface area contributed by atoms with Crippen LogP contribution in [0.4, 0.5) is 0 Å². The van der Waals surface area contributed by atoms with Gasteiger partial charge in [-0.25, -0.2) is 0 Å². The summed E-state index contributed by atoms with van der Waals surface area (Å²) in [6.45, 7) is 9.54. The Morgan fingerprint density at radius 3 is 2.67 bits per heavy atom. The molecule has 0 atom stereocenters. The van der Waals surface area contributed by atoms with E-state index in [1.807, 2.05) is 6.92 Å². The minimum absolute atomic E-state index is 0.0414. The Balaban J connectivity index is 3.08. The highest BCUT2D eigenvalue weighted by Gasteiger charge is 1.97. The van der Waals surface area contributed by atoms with Gasteiger partial charge in [0.25, 0.3) is 0 Å². The Morgan fingerprint density at radius 2 is 2.07 bits per heavy atom. The fraction of sp³-hybridized carbons (Fsp3) is 0.909. The second kappa shape index (κ2) is 9.93. The second-order valence-electron chi connectivity index (χ2n) is 3.93. The Morgan fingerprint density at radius 1 is 1.33 bits per heavy atom. The molecule has 90 valence electrons. The molecule has 2 N–H and O–H groups in total. The van der Waals surface area contributed by atoms with Crippen LogP contribution in [0.15, 0.2) is 0 Å². The van der Waals surface area contributed by atoms with Crippen molar-refractivity contribution in [1.29, 1.82) is 0 Å². The third-order valence-corrected chi connectivity index (χ3v) is 1.92. The molecule has 15 heavy (non-hydrogen) atoms. The Hall–Kier alpha value is -0.610. The molecule has 0 unspecified atom stereocenters. The lowest BCUT2D eigenvalue weighted by Crippen LogP contribution is -2.35. The van der Waals surface area contributed by atoms with E-state index in [4.69, 9.17) is 4.74 Å². The lowest BCUT2D eigenvalue weighted by atomic mass is 10.1. The molecule has 4 nitrogen and oxygen atoms in total. The summed E-state index contributed by atoms with van der Waals surface area (Å²) in [6.07, 6.45) is 1.09. The van der Waals surface area contributed by atoms with E-state index in [-0.39, 0.29) is 5.91 Å². The van der Waals surface area contributed by atoms with Crippen molar-refractivity contribution in [3.05, 3.63) is 0 Å². The average Bonchev–Trinajstić information content (AvgIpc) is 2.16. The van der Waals surface area contributed by atoms with Crippen LogP contribution < -0.4 is 10.6 Å². The maximum Gasteiger partial charge on any atom is 0.233 e. The van der Waals surface area contributed by atoms with Crippen molar-refractivity contribution in [2.24, 2.45) is 5.92 Å². The lowest BCUT2D eigenvalue weighted by Gasteiger charge is -2.07. The van der Waals surface area contributed by atoms with Crippen molar-refractivity contribution in [2.45, 2.75) is 27.2 Å². The highest BCUT2D eigenvalue weighted by Crippen LogP contribution is 1.97. The van der Waals surface area contributed by atoms with Crippen LogP contribution in [0.3, 0.4) is 0 Å². The minimum Gasteiger partial charge on any atom is -0.380 e. The number of carbonyl (C=O) groups is 1. The summed E-state index contributed by atoms with van der Waals surface area (Å²) >= 11 is 0. The maximum absolute atomic E-state index is 11.0. The van der Waals surface area contributed by atoms with Crippen LogP contribution in [0, 0.1) is 5.92 Å². The highest BCUT2D eigenvalue weighted by molar-refractivity contribution is 5.77. The number of hydrogen-bond acceptors (Lipinski definition) is 3. The van der Waals surface area contributed by atoms with E-state index < -0.39 is 0 Å². The van der Waals surface area contributed by atoms with E-state index in [2.05, 4.69) is 24.5 Å². The fourth-order valence-electron chi connectivity index (χ4n) is 1.03. The van der Waals surface area contributed by atoms with E-state index >= 15 is 0 Å². The molecule has 1 amide bonds. The van der Waals surface area contributed by atoms with Crippen LogP contribution in [-0.2, 0) is 9.53 Å². The first-order valence-electron chi connectivity index (χ1n) is 5.72. The number of hydrogen-bond donors (Lipinski definition) is 2. The molecule has 0 aliphatic rings. The Labute approximate surface area is 92.8 Å². The van der Waals surface area contributed by atoms with Gasteiger partial charge in [-0.3, -0.25) is 4.79 Å². The van der Waals surface area contributed by atoms with E-state index in [0.717, 1.165) is 19.6 Å². The van der Waals surface area contributed by atoms with Crippen molar-refractivity contribution >= 4 is 5.91 Å². The molecule has 4 heteroatoms. The maximum atomic E-state index is 11.0. The van der Waals surface area contributed by atoms with Crippen LogP contribution in [0.25, 0.3) is 0 Å². The molecule has 0 aliphatic carbocycles. The normalized spacial score (nSPS) is 10.7. The van der Waals surface area contributed by atoms with Crippen molar-refractivity contribution in [3.8, 4) is 0 Å². The van der Waals surface area contributed by atoms with E-state index in [9.17, 15) is 4.79 Å².